The topological polar surface area (TPSA) is 62.2 Å². The van der Waals surface area contributed by atoms with Gasteiger partial charge in [0.25, 0.3) is 0 Å². The molecule has 6 heteroatoms. The lowest BCUT2D eigenvalue weighted by atomic mass is 10.2. The first-order valence-corrected chi connectivity index (χ1v) is 5.36. The van der Waals surface area contributed by atoms with Gasteiger partial charge in [0.1, 0.15) is 16.8 Å². The first-order valence-electron chi connectivity index (χ1n) is 4.98. The lowest BCUT2D eigenvalue weighted by Crippen LogP contribution is -2.00. The van der Waals surface area contributed by atoms with Crippen LogP contribution in [0.3, 0.4) is 0 Å². The zero-order chi connectivity index (χ0) is 13.1. The van der Waals surface area contributed by atoms with Gasteiger partial charge in [-0.3, -0.25) is 0 Å². The minimum Gasteiger partial charge on any atom is -0.478 e. The highest BCUT2D eigenvalue weighted by Gasteiger charge is 2.07. The molecule has 1 aromatic carbocycles. The number of aromatic carboxylic acids is 1. The van der Waals surface area contributed by atoms with E-state index in [2.05, 4.69) is 10.3 Å². The molecule has 0 atom stereocenters. The molecule has 18 heavy (non-hydrogen) atoms. The van der Waals surface area contributed by atoms with Crippen molar-refractivity contribution < 1.29 is 14.3 Å². The van der Waals surface area contributed by atoms with E-state index in [9.17, 15) is 9.18 Å². The van der Waals surface area contributed by atoms with Gasteiger partial charge in [0, 0.05) is 5.69 Å². The van der Waals surface area contributed by atoms with Crippen molar-refractivity contribution in [3.8, 4) is 0 Å². The summed E-state index contributed by atoms with van der Waals surface area (Å²) in [6.07, 6.45) is 0. The standard InChI is InChI=1S/C12H8ClFN2O2/c13-10-4-7(12(17)18)5-11(16-10)15-9-3-1-2-8(14)6-9/h1-6H,(H,15,16)(H,17,18). The van der Waals surface area contributed by atoms with Crippen LogP contribution in [0, 0.1) is 5.82 Å². The van der Waals surface area contributed by atoms with Crippen LogP contribution in [0.4, 0.5) is 15.9 Å². The third-order valence-corrected chi connectivity index (χ3v) is 2.33. The Morgan fingerprint density at radius 1 is 1.33 bits per heavy atom. The first kappa shape index (κ1) is 12.3. The Morgan fingerprint density at radius 2 is 2.11 bits per heavy atom. The first-order chi connectivity index (χ1) is 8.54. The summed E-state index contributed by atoms with van der Waals surface area (Å²) in [6.45, 7) is 0. The molecule has 0 saturated carbocycles. The fourth-order valence-electron chi connectivity index (χ4n) is 1.40. The van der Waals surface area contributed by atoms with Gasteiger partial charge < -0.3 is 10.4 Å². The number of hydrogen-bond acceptors (Lipinski definition) is 3. The van der Waals surface area contributed by atoms with Crippen molar-refractivity contribution in [1.82, 2.24) is 4.98 Å². The Hall–Kier alpha value is -2.14. The highest BCUT2D eigenvalue weighted by atomic mass is 35.5. The molecule has 0 saturated heterocycles. The molecule has 2 rings (SSSR count). The lowest BCUT2D eigenvalue weighted by Gasteiger charge is -2.07. The Bertz CT molecular complexity index is 604. The second-order valence-electron chi connectivity index (χ2n) is 3.50. The second kappa shape index (κ2) is 5.01. The van der Waals surface area contributed by atoms with Crippen molar-refractivity contribution in [2.24, 2.45) is 0 Å². The van der Waals surface area contributed by atoms with Gasteiger partial charge in [-0.25, -0.2) is 14.2 Å². The van der Waals surface area contributed by atoms with Crippen molar-refractivity contribution in [3.63, 3.8) is 0 Å². The van der Waals surface area contributed by atoms with E-state index in [4.69, 9.17) is 16.7 Å². The zero-order valence-corrected chi connectivity index (χ0v) is 9.78. The summed E-state index contributed by atoms with van der Waals surface area (Å²) >= 11 is 5.70. The minimum absolute atomic E-state index is 0.00824. The van der Waals surface area contributed by atoms with Crippen LogP contribution in [0.1, 0.15) is 10.4 Å². The number of carboxylic acids is 1. The number of halogens is 2. The van der Waals surface area contributed by atoms with E-state index in [0.717, 1.165) is 0 Å². The Morgan fingerprint density at radius 3 is 2.78 bits per heavy atom. The van der Waals surface area contributed by atoms with Crippen molar-refractivity contribution in [2.75, 3.05) is 5.32 Å². The number of carboxylic acid groups (broad SMARTS) is 1. The number of benzene rings is 1. The lowest BCUT2D eigenvalue weighted by molar-refractivity contribution is 0.0697. The summed E-state index contributed by atoms with van der Waals surface area (Å²) in [4.78, 5) is 14.7. The highest BCUT2D eigenvalue weighted by Crippen LogP contribution is 2.19. The molecule has 0 unspecified atom stereocenters. The number of anilines is 2. The van der Waals surface area contributed by atoms with Gasteiger partial charge >= 0.3 is 5.97 Å². The number of nitrogens with zero attached hydrogens (tertiary/aromatic N) is 1. The van der Waals surface area contributed by atoms with Gasteiger partial charge in [-0.1, -0.05) is 17.7 Å². The van der Waals surface area contributed by atoms with Crippen molar-refractivity contribution in [1.29, 1.82) is 0 Å². The smallest absolute Gasteiger partial charge is 0.335 e. The summed E-state index contributed by atoms with van der Waals surface area (Å²) in [5.41, 5.74) is 0.468. The maximum Gasteiger partial charge on any atom is 0.335 e. The third-order valence-electron chi connectivity index (χ3n) is 2.14. The van der Waals surface area contributed by atoms with Crippen LogP contribution < -0.4 is 5.32 Å². The molecular formula is C12H8ClFN2O2. The predicted octanol–water partition coefficient (Wildman–Crippen LogP) is 3.32. The van der Waals surface area contributed by atoms with Gasteiger partial charge in [0.2, 0.25) is 0 Å². The van der Waals surface area contributed by atoms with E-state index in [1.807, 2.05) is 0 Å². The van der Waals surface area contributed by atoms with E-state index >= 15 is 0 Å². The molecule has 0 bridgehead atoms. The van der Waals surface area contributed by atoms with E-state index in [1.165, 1.54) is 30.3 Å². The molecular weight excluding hydrogens is 259 g/mol. The summed E-state index contributed by atoms with van der Waals surface area (Å²) in [6, 6.07) is 8.29. The van der Waals surface area contributed by atoms with Gasteiger partial charge in [-0.2, -0.15) is 0 Å². The number of hydrogen-bond donors (Lipinski definition) is 2. The average Bonchev–Trinajstić information content (AvgIpc) is 2.28. The van der Waals surface area contributed by atoms with Crippen LogP contribution in [-0.4, -0.2) is 16.1 Å². The molecule has 0 aliphatic heterocycles. The molecule has 92 valence electrons. The molecule has 0 fully saturated rings. The van der Waals surface area contributed by atoms with Crippen molar-refractivity contribution in [2.45, 2.75) is 0 Å². The van der Waals surface area contributed by atoms with Crippen LogP contribution >= 0.6 is 11.6 Å². The predicted molar refractivity (Wildman–Crippen MR) is 65.9 cm³/mol. The van der Waals surface area contributed by atoms with Crippen LogP contribution in [0.2, 0.25) is 5.15 Å². The van der Waals surface area contributed by atoms with Crippen LogP contribution in [0.25, 0.3) is 0 Å². The molecule has 0 aliphatic carbocycles. The molecule has 4 nitrogen and oxygen atoms in total. The zero-order valence-electron chi connectivity index (χ0n) is 9.02. The van der Waals surface area contributed by atoms with Gasteiger partial charge in [-0.15, -0.1) is 0 Å². The molecule has 2 aromatic rings. The van der Waals surface area contributed by atoms with E-state index < -0.39 is 11.8 Å². The monoisotopic (exact) mass is 266 g/mol. The number of aromatic nitrogens is 1. The molecule has 2 N–H and O–H groups in total. The Kier molecular flexibility index (Phi) is 3.43. The number of nitrogens with one attached hydrogen (secondary N) is 1. The minimum atomic E-state index is -1.11. The number of rotatable bonds is 3. The Balaban J connectivity index is 2.31. The van der Waals surface area contributed by atoms with Crippen LogP contribution in [0.15, 0.2) is 36.4 Å². The number of carbonyl (C=O) groups is 1. The number of pyridine rings is 1. The Labute approximate surface area is 107 Å². The van der Waals surface area contributed by atoms with Gasteiger partial charge in [0.15, 0.2) is 0 Å². The van der Waals surface area contributed by atoms with Crippen molar-refractivity contribution >= 4 is 29.1 Å². The van der Waals surface area contributed by atoms with E-state index in [1.54, 1.807) is 6.07 Å². The molecule has 0 aliphatic rings. The normalized spacial score (nSPS) is 10.1. The largest absolute Gasteiger partial charge is 0.478 e. The van der Waals surface area contributed by atoms with E-state index in [-0.39, 0.29) is 16.5 Å². The van der Waals surface area contributed by atoms with E-state index in [0.29, 0.717) is 5.69 Å². The summed E-state index contributed by atoms with van der Waals surface area (Å²) in [5, 5.41) is 11.7. The highest BCUT2D eigenvalue weighted by molar-refractivity contribution is 6.29. The van der Waals surface area contributed by atoms with Crippen molar-refractivity contribution in [3.05, 3.63) is 52.9 Å². The maximum atomic E-state index is 13.0. The molecule has 1 heterocycles. The molecule has 1 aromatic heterocycles. The molecule has 0 amide bonds. The third kappa shape index (κ3) is 2.95. The molecule has 0 spiro atoms. The SMILES string of the molecule is O=C(O)c1cc(Cl)nc(Nc2cccc(F)c2)c1. The summed E-state index contributed by atoms with van der Waals surface area (Å²) < 4.78 is 13.0. The quantitative estimate of drug-likeness (QED) is 0.837. The van der Waals surface area contributed by atoms with Gasteiger partial charge in [0.05, 0.1) is 5.56 Å². The average molecular weight is 267 g/mol. The van der Waals surface area contributed by atoms with Crippen LogP contribution in [0.5, 0.6) is 0 Å². The van der Waals surface area contributed by atoms with Crippen LogP contribution in [-0.2, 0) is 0 Å². The summed E-state index contributed by atoms with van der Waals surface area (Å²) in [7, 11) is 0. The fourth-order valence-corrected chi connectivity index (χ4v) is 1.61. The maximum absolute atomic E-state index is 13.0. The molecule has 0 radical (unpaired) electrons. The summed E-state index contributed by atoms with van der Waals surface area (Å²) in [5.74, 6) is -1.27. The van der Waals surface area contributed by atoms with Gasteiger partial charge in [-0.05, 0) is 30.3 Å². The fraction of sp³-hybridized carbons (Fsp3) is 0. The second-order valence-corrected chi connectivity index (χ2v) is 3.89.